The van der Waals surface area contributed by atoms with Crippen LogP contribution in [0.25, 0.3) is 0 Å². The van der Waals surface area contributed by atoms with Crippen LogP contribution in [-0.2, 0) is 4.79 Å². The summed E-state index contributed by atoms with van der Waals surface area (Å²) in [5, 5.41) is 0. The Morgan fingerprint density at radius 2 is 2.33 bits per heavy atom. The lowest BCUT2D eigenvalue weighted by molar-refractivity contribution is -0.122. The molecule has 0 spiro atoms. The average molecular weight is 202 g/mol. The Hall–Kier alpha value is -1.03. The second-order valence-electron chi connectivity index (χ2n) is 5.27. The molecule has 15 heavy (non-hydrogen) atoms. The van der Waals surface area contributed by atoms with Crippen LogP contribution in [0.5, 0.6) is 0 Å². The summed E-state index contributed by atoms with van der Waals surface area (Å²) in [5.74, 6) is 4.11. The molecule has 2 aliphatic carbocycles. The number of rotatable bonds is 0. The normalized spacial score (nSPS) is 44.6. The van der Waals surface area contributed by atoms with Gasteiger partial charge in [0.15, 0.2) is 5.78 Å². The second kappa shape index (κ2) is 3.52. The highest BCUT2D eigenvalue weighted by molar-refractivity contribution is 5.92. The van der Waals surface area contributed by atoms with Crippen LogP contribution in [0.4, 0.5) is 0 Å². The first-order valence-electron chi connectivity index (χ1n) is 5.76. The molecule has 4 atom stereocenters. The van der Waals surface area contributed by atoms with Crippen molar-refractivity contribution >= 4 is 5.78 Å². The Morgan fingerprint density at radius 1 is 1.60 bits per heavy atom. The topological polar surface area (TPSA) is 17.1 Å². The van der Waals surface area contributed by atoms with Crippen LogP contribution in [0, 0.1) is 35.5 Å². The standard InChI is InChI=1S/C14H18O/c1-4-11-5-7-14(3)8-6-13(15)10(2)12(14)9-11/h1,6,8,10-12H,5,7,9H2,2-3H3/t10-,11+,12-,14-/m0/s1. The Morgan fingerprint density at radius 3 is 3.00 bits per heavy atom. The molecule has 0 unspecified atom stereocenters. The van der Waals surface area contributed by atoms with Gasteiger partial charge in [0.25, 0.3) is 0 Å². The molecule has 0 amide bonds. The molecule has 80 valence electrons. The summed E-state index contributed by atoms with van der Waals surface area (Å²) >= 11 is 0. The van der Waals surface area contributed by atoms with Crippen molar-refractivity contribution in [3.05, 3.63) is 12.2 Å². The van der Waals surface area contributed by atoms with Crippen molar-refractivity contribution in [2.75, 3.05) is 0 Å². The minimum absolute atomic E-state index is 0.149. The van der Waals surface area contributed by atoms with E-state index in [0.717, 1.165) is 19.3 Å². The van der Waals surface area contributed by atoms with E-state index in [1.807, 2.05) is 6.92 Å². The van der Waals surface area contributed by atoms with Crippen molar-refractivity contribution in [1.29, 1.82) is 0 Å². The third-order valence-corrected chi connectivity index (χ3v) is 4.33. The van der Waals surface area contributed by atoms with E-state index in [4.69, 9.17) is 6.42 Å². The van der Waals surface area contributed by atoms with Crippen LogP contribution in [-0.4, -0.2) is 5.78 Å². The van der Waals surface area contributed by atoms with Gasteiger partial charge in [0.1, 0.15) is 0 Å². The van der Waals surface area contributed by atoms with Crippen LogP contribution in [0.1, 0.15) is 33.1 Å². The predicted octanol–water partition coefficient (Wildman–Crippen LogP) is 2.82. The Balaban J connectivity index is 2.28. The van der Waals surface area contributed by atoms with E-state index in [1.165, 1.54) is 0 Å². The van der Waals surface area contributed by atoms with Gasteiger partial charge in [-0.25, -0.2) is 0 Å². The molecular formula is C14H18O. The number of carbonyl (C=O) groups is 1. The maximum atomic E-state index is 11.6. The smallest absolute Gasteiger partial charge is 0.158 e. The van der Waals surface area contributed by atoms with Gasteiger partial charge in [-0.3, -0.25) is 4.79 Å². The highest BCUT2D eigenvalue weighted by atomic mass is 16.1. The fourth-order valence-electron chi connectivity index (χ4n) is 3.12. The lowest BCUT2D eigenvalue weighted by Crippen LogP contribution is -2.41. The fraction of sp³-hybridized carbons (Fsp3) is 0.643. The van der Waals surface area contributed by atoms with Crippen LogP contribution in [0.2, 0.25) is 0 Å². The summed E-state index contributed by atoms with van der Waals surface area (Å²) < 4.78 is 0. The van der Waals surface area contributed by atoms with Crippen LogP contribution < -0.4 is 0 Å². The first-order valence-corrected chi connectivity index (χ1v) is 5.76. The van der Waals surface area contributed by atoms with Gasteiger partial charge < -0.3 is 0 Å². The number of carbonyl (C=O) groups excluding carboxylic acids is 1. The quantitative estimate of drug-likeness (QED) is 0.552. The van der Waals surface area contributed by atoms with Gasteiger partial charge in [-0.05, 0) is 36.7 Å². The van der Waals surface area contributed by atoms with E-state index in [0.29, 0.717) is 11.8 Å². The lowest BCUT2D eigenvalue weighted by atomic mass is 9.57. The zero-order valence-electron chi connectivity index (χ0n) is 9.49. The molecule has 0 N–H and O–H groups in total. The maximum absolute atomic E-state index is 11.6. The van der Waals surface area contributed by atoms with Crippen LogP contribution in [0.15, 0.2) is 12.2 Å². The molecule has 1 fully saturated rings. The van der Waals surface area contributed by atoms with Gasteiger partial charge in [-0.2, -0.15) is 0 Å². The number of terminal acetylenes is 1. The molecule has 1 saturated carbocycles. The maximum Gasteiger partial charge on any atom is 0.158 e. The molecule has 0 heterocycles. The molecule has 0 saturated heterocycles. The van der Waals surface area contributed by atoms with Gasteiger partial charge >= 0.3 is 0 Å². The van der Waals surface area contributed by atoms with E-state index < -0.39 is 0 Å². The molecule has 0 aromatic heterocycles. The van der Waals surface area contributed by atoms with E-state index in [9.17, 15) is 4.79 Å². The predicted molar refractivity (Wildman–Crippen MR) is 61.1 cm³/mol. The second-order valence-corrected chi connectivity index (χ2v) is 5.27. The molecule has 1 heteroatoms. The molecule has 0 bridgehead atoms. The van der Waals surface area contributed by atoms with Gasteiger partial charge in [0, 0.05) is 11.8 Å². The van der Waals surface area contributed by atoms with Crippen molar-refractivity contribution in [2.24, 2.45) is 23.2 Å². The van der Waals surface area contributed by atoms with Gasteiger partial charge in [0.05, 0.1) is 0 Å². The third-order valence-electron chi connectivity index (χ3n) is 4.33. The number of allylic oxidation sites excluding steroid dienone is 2. The summed E-state index contributed by atoms with van der Waals surface area (Å²) in [6.07, 6.45) is 12.6. The lowest BCUT2D eigenvalue weighted by Gasteiger charge is -2.46. The third kappa shape index (κ3) is 1.63. The minimum Gasteiger partial charge on any atom is -0.295 e. The Labute approximate surface area is 91.9 Å². The molecule has 2 rings (SSSR count). The van der Waals surface area contributed by atoms with Crippen LogP contribution in [0.3, 0.4) is 0 Å². The molecule has 1 nitrogen and oxygen atoms in total. The molecule has 0 aliphatic heterocycles. The molecule has 0 radical (unpaired) electrons. The summed E-state index contributed by atoms with van der Waals surface area (Å²) in [6.45, 7) is 4.32. The molecular weight excluding hydrogens is 184 g/mol. The van der Waals surface area contributed by atoms with Gasteiger partial charge in [-0.1, -0.05) is 19.9 Å². The minimum atomic E-state index is 0.149. The summed E-state index contributed by atoms with van der Waals surface area (Å²) in [6, 6.07) is 0. The highest BCUT2D eigenvalue weighted by Crippen LogP contribution is 2.49. The zero-order chi connectivity index (χ0) is 11.1. The van der Waals surface area contributed by atoms with Gasteiger partial charge in [0.2, 0.25) is 0 Å². The summed E-state index contributed by atoms with van der Waals surface area (Å²) in [7, 11) is 0. The molecule has 0 aromatic carbocycles. The van der Waals surface area contributed by atoms with E-state index in [2.05, 4.69) is 18.9 Å². The van der Waals surface area contributed by atoms with Gasteiger partial charge in [-0.15, -0.1) is 12.3 Å². The van der Waals surface area contributed by atoms with E-state index in [1.54, 1.807) is 6.08 Å². The Bertz CT molecular complexity index is 347. The first kappa shape index (κ1) is 10.5. The first-order chi connectivity index (χ1) is 7.07. The van der Waals surface area contributed by atoms with Crippen molar-refractivity contribution < 1.29 is 4.79 Å². The van der Waals surface area contributed by atoms with Crippen molar-refractivity contribution in [2.45, 2.75) is 33.1 Å². The number of hydrogen-bond donors (Lipinski definition) is 0. The monoisotopic (exact) mass is 202 g/mol. The number of hydrogen-bond acceptors (Lipinski definition) is 1. The summed E-state index contributed by atoms with van der Waals surface area (Å²) in [4.78, 5) is 11.6. The highest BCUT2D eigenvalue weighted by Gasteiger charge is 2.44. The Kier molecular flexibility index (Phi) is 2.46. The SMILES string of the molecule is C#C[C@@H]1CC[C@@]2(C)C=CC(=O)[C@@H](C)[C@@H]2C1. The molecule has 2 aliphatic rings. The largest absolute Gasteiger partial charge is 0.295 e. The van der Waals surface area contributed by atoms with Crippen molar-refractivity contribution in [3.8, 4) is 12.3 Å². The molecule has 0 aromatic rings. The van der Waals surface area contributed by atoms with Crippen molar-refractivity contribution in [3.63, 3.8) is 0 Å². The summed E-state index contributed by atoms with van der Waals surface area (Å²) in [5.41, 5.74) is 0.209. The number of fused-ring (bicyclic) bond motifs is 1. The average Bonchev–Trinajstić information content (AvgIpc) is 2.24. The zero-order valence-corrected chi connectivity index (χ0v) is 9.49. The van der Waals surface area contributed by atoms with E-state index in [-0.39, 0.29) is 17.1 Å². The van der Waals surface area contributed by atoms with Crippen molar-refractivity contribution in [1.82, 2.24) is 0 Å². The van der Waals surface area contributed by atoms with Crippen LogP contribution >= 0.6 is 0 Å². The number of ketones is 1. The fourth-order valence-corrected chi connectivity index (χ4v) is 3.12. The van der Waals surface area contributed by atoms with E-state index >= 15 is 0 Å².